The molecule has 0 unspecified atom stereocenters. The van der Waals surface area contributed by atoms with Gasteiger partial charge in [-0.2, -0.15) is 0 Å². The lowest BCUT2D eigenvalue weighted by molar-refractivity contribution is 0.0383. The van der Waals surface area contributed by atoms with E-state index in [9.17, 15) is 4.79 Å². The maximum absolute atomic E-state index is 12.7. The number of aryl methyl sites for hydroxylation is 2. The summed E-state index contributed by atoms with van der Waals surface area (Å²) in [5, 5.41) is 3.04. The van der Waals surface area contributed by atoms with Crippen LogP contribution in [0, 0.1) is 6.92 Å². The number of nitrogens with one attached hydrogen (secondary N) is 1. The second kappa shape index (κ2) is 7.63. The van der Waals surface area contributed by atoms with Crippen LogP contribution in [0.5, 0.6) is 0 Å². The van der Waals surface area contributed by atoms with Crippen molar-refractivity contribution < 1.29 is 9.53 Å². The maximum atomic E-state index is 12.7. The molecule has 0 radical (unpaired) electrons. The minimum absolute atomic E-state index is 0.0647. The van der Waals surface area contributed by atoms with Crippen molar-refractivity contribution in [1.82, 2.24) is 19.6 Å². The number of amides is 1. The molecule has 6 nitrogen and oxygen atoms in total. The normalized spacial score (nSPS) is 15.8. The van der Waals surface area contributed by atoms with Gasteiger partial charge in [0.15, 0.2) is 0 Å². The number of nitrogens with zero attached hydrogens (tertiary/aromatic N) is 3. The molecule has 2 aromatic heterocycles. The van der Waals surface area contributed by atoms with Crippen LogP contribution in [0.4, 0.5) is 0 Å². The van der Waals surface area contributed by atoms with Crippen molar-refractivity contribution >= 4 is 27.5 Å². The van der Waals surface area contributed by atoms with E-state index in [-0.39, 0.29) is 5.91 Å². The predicted molar refractivity (Wildman–Crippen MR) is 96.6 cm³/mol. The first-order chi connectivity index (χ1) is 11.6. The molecule has 1 saturated heterocycles. The fourth-order valence-corrected chi connectivity index (χ4v) is 3.59. The molecule has 1 fully saturated rings. The summed E-state index contributed by atoms with van der Waals surface area (Å²) < 4.78 is 8.17. The quantitative estimate of drug-likeness (QED) is 0.842. The van der Waals surface area contributed by atoms with E-state index in [2.05, 4.69) is 31.1 Å². The van der Waals surface area contributed by atoms with Gasteiger partial charge < -0.3 is 10.1 Å². The van der Waals surface area contributed by atoms with Crippen molar-refractivity contribution in [3.05, 3.63) is 33.7 Å². The highest BCUT2D eigenvalue weighted by Crippen LogP contribution is 2.21. The van der Waals surface area contributed by atoms with E-state index < -0.39 is 0 Å². The van der Waals surface area contributed by atoms with Gasteiger partial charge in [-0.1, -0.05) is 6.92 Å². The molecule has 0 atom stereocenters. The molecule has 130 valence electrons. The van der Waals surface area contributed by atoms with Crippen LogP contribution >= 0.6 is 15.9 Å². The number of fused-ring (bicyclic) bond motifs is 1. The van der Waals surface area contributed by atoms with Crippen molar-refractivity contribution in [3.8, 4) is 0 Å². The van der Waals surface area contributed by atoms with Crippen molar-refractivity contribution in [2.45, 2.75) is 20.3 Å². The molecule has 2 aromatic rings. The Hall–Kier alpha value is -1.44. The van der Waals surface area contributed by atoms with Gasteiger partial charge in [-0.15, -0.1) is 0 Å². The van der Waals surface area contributed by atoms with Gasteiger partial charge in [-0.25, -0.2) is 4.98 Å². The lowest BCUT2D eigenvalue weighted by Gasteiger charge is -2.26. The number of carbonyl (C=O) groups excluding carboxylic acids is 1. The first-order valence-electron chi connectivity index (χ1n) is 8.35. The number of imidazole rings is 1. The third kappa shape index (κ3) is 3.63. The third-order valence-electron chi connectivity index (χ3n) is 4.31. The molecule has 1 N–H and O–H groups in total. The third-order valence-corrected chi connectivity index (χ3v) is 4.74. The Morgan fingerprint density at radius 2 is 2.17 bits per heavy atom. The predicted octanol–water partition coefficient (Wildman–Crippen LogP) is 2.03. The van der Waals surface area contributed by atoms with E-state index in [4.69, 9.17) is 4.74 Å². The zero-order chi connectivity index (χ0) is 17.1. The molecule has 0 aliphatic carbocycles. The van der Waals surface area contributed by atoms with E-state index in [0.29, 0.717) is 12.2 Å². The highest BCUT2D eigenvalue weighted by atomic mass is 79.9. The van der Waals surface area contributed by atoms with Crippen LogP contribution in [-0.4, -0.2) is 59.6 Å². The first-order valence-corrected chi connectivity index (χ1v) is 9.15. The average Bonchev–Trinajstić information content (AvgIpc) is 2.94. The zero-order valence-electron chi connectivity index (χ0n) is 14.1. The molecule has 24 heavy (non-hydrogen) atoms. The van der Waals surface area contributed by atoms with Gasteiger partial charge in [0.1, 0.15) is 11.3 Å². The highest BCUT2D eigenvalue weighted by molar-refractivity contribution is 9.10. The van der Waals surface area contributed by atoms with Crippen LogP contribution < -0.4 is 5.32 Å². The largest absolute Gasteiger partial charge is 0.379 e. The van der Waals surface area contributed by atoms with Crippen molar-refractivity contribution in [2.24, 2.45) is 0 Å². The lowest BCUT2D eigenvalue weighted by atomic mass is 10.2. The van der Waals surface area contributed by atoms with Gasteiger partial charge in [-0.3, -0.25) is 14.1 Å². The number of rotatable bonds is 5. The lowest BCUT2D eigenvalue weighted by Crippen LogP contribution is -2.41. The van der Waals surface area contributed by atoms with E-state index in [1.54, 1.807) is 0 Å². The maximum Gasteiger partial charge on any atom is 0.270 e. The fourth-order valence-electron chi connectivity index (χ4n) is 3.04. The second-order valence-corrected chi connectivity index (χ2v) is 6.92. The summed E-state index contributed by atoms with van der Waals surface area (Å²) >= 11 is 3.50. The van der Waals surface area contributed by atoms with Gasteiger partial charge in [0, 0.05) is 36.8 Å². The Kier molecular flexibility index (Phi) is 5.53. The number of halogens is 1. The molecule has 1 aliphatic rings. The standard InChI is InChI=1S/C17H23BrN4O2/c1-3-14-15(22-11-13(18)10-12(2)16(22)20-14)17(23)19-4-5-21-6-8-24-9-7-21/h10-11H,3-9H2,1-2H3,(H,19,23). The van der Waals surface area contributed by atoms with Crippen LogP contribution in [-0.2, 0) is 11.2 Å². The minimum Gasteiger partial charge on any atom is -0.379 e. The monoisotopic (exact) mass is 394 g/mol. The molecule has 0 spiro atoms. The Balaban J connectivity index is 1.76. The summed E-state index contributed by atoms with van der Waals surface area (Å²) in [5.41, 5.74) is 3.36. The smallest absolute Gasteiger partial charge is 0.270 e. The molecular weight excluding hydrogens is 372 g/mol. The van der Waals surface area contributed by atoms with Crippen LogP contribution in [0.15, 0.2) is 16.7 Å². The summed E-state index contributed by atoms with van der Waals surface area (Å²) in [4.78, 5) is 19.7. The van der Waals surface area contributed by atoms with Gasteiger partial charge in [0.2, 0.25) is 0 Å². The summed E-state index contributed by atoms with van der Waals surface area (Å²) in [6, 6.07) is 2.02. The molecule has 3 rings (SSSR count). The van der Waals surface area contributed by atoms with E-state index in [0.717, 1.165) is 60.6 Å². The molecule has 7 heteroatoms. The number of hydrogen-bond donors (Lipinski definition) is 1. The average molecular weight is 395 g/mol. The number of carbonyl (C=O) groups is 1. The first kappa shape index (κ1) is 17.4. The summed E-state index contributed by atoms with van der Waals surface area (Å²) in [6.45, 7) is 8.90. The molecule has 0 bridgehead atoms. The Morgan fingerprint density at radius 3 is 2.88 bits per heavy atom. The molecule has 1 aliphatic heterocycles. The van der Waals surface area contributed by atoms with Crippen molar-refractivity contribution in [3.63, 3.8) is 0 Å². The number of pyridine rings is 1. The Bertz CT molecular complexity index is 738. The van der Waals surface area contributed by atoms with Gasteiger partial charge in [0.05, 0.1) is 18.9 Å². The van der Waals surface area contributed by atoms with Crippen LogP contribution in [0.25, 0.3) is 5.65 Å². The summed E-state index contributed by atoms with van der Waals surface area (Å²) in [7, 11) is 0. The Labute approximate surface area is 150 Å². The number of aromatic nitrogens is 2. The topological polar surface area (TPSA) is 58.9 Å². The van der Waals surface area contributed by atoms with Crippen LogP contribution in [0.1, 0.15) is 28.7 Å². The van der Waals surface area contributed by atoms with Crippen molar-refractivity contribution in [2.75, 3.05) is 39.4 Å². The van der Waals surface area contributed by atoms with Crippen LogP contribution in [0.3, 0.4) is 0 Å². The molecule has 3 heterocycles. The van der Waals surface area contributed by atoms with Gasteiger partial charge >= 0.3 is 0 Å². The molecular formula is C17H23BrN4O2. The SMILES string of the molecule is CCc1nc2c(C)cc(Br)cn2c1C(=O)NCCN1CCOCC1. The number of ether oxygens (including phenoxy) is 1. The van der Waals surface area contributed by atoms with Gasteiger partial charge in [-0.05, 0) is 40.9 Å². The van der Waals surface area contributed by atoms with E-state index >= 15 is 0 Å². The van der Waals surface area contributed by atoms with E-state index in [1.807, 2.05) is 30.5 Å². The highest BCUT2D eigenvalue weighted by Gasteiger charge is 2.19. The molecule has 0 saturated carbocycles. The number of morpholine rings is 1. The van der Waals surface area contributed by atoms with Crippen molar-refractivity contribution in [1.29, 1.82) is 0 Å². The van der Waals surface area contributed by atoms with Gasteiger partial charge in [0.25, 0.3) is 5.91 Å². The molecule has 1 amide bonds. The van der Waals surface area contributed by atoms with Crippen LogP contribution in [0.2, 0.25) is 0 Å². The second-order valence-electron chi connectivity index (χ2n) is 6.01. The summed E-state index contributed by atoms with van der Waals surface area (Å²) in [5.74, 6) is -0.0647. The summed E-state index contributed by atoms with van der Waals surface area (Å²) in [6.07, 6.45) is 2.64. The fraction of sp³-hybridized carbons (Fsp3) is 0.529. The number of hydrogen-bond acceptors (Lipinski definition) is 4. The van der Waals surface area contributed by atoms with E-state index in [1.165, 1.54) is 0 Å². The zero-order valence-corrected chi connectivity index (χ0v) is 15.7. The minimum atomic E-state index is -0.0647. The Morgan fingerprint density at radius 1 is 1.42 bits per heavy atom. The molecule has 0 aromatic carbocycles.